The minimum Gasteiger partial charge on any atom is -0.278 e. The van der Waals surface area contributed by atoms with Crippen molar-refractivity contribution >= 4 is 75.8 Å². The van der Waals surface area contributed by atoms with E-state index in [0.717, 1.165) is 33.2 Å². The lowest BCUT2D eigenvalue weighted by molar-refractivity contribution is 0.660. The number of benzene rings is 10. The van der Waals surface area contributed by atoms with Gasteiger partial charge < -0.3 is 0 Å². The third-order valence-electron chi connectivity index (χ3n) is 14.7. The minimum absolute atomic E-state index is 0.124. The molecule has 0 radical (unpaired) electrons. The lowest BCUT2D eigenvalue weighted by atomic mass is 9.80. The maximum Gasteiger partial charge on any atom is 0.235 e. The first-order valence-corrected chi connectivity index (χ1v) is 21.5. The van der Waals surface area contributed by atoms with E-state index in [2.05, 4.69) is 196 Å². The maximum absolute atomic E-state index is 5.62. The standard InChI is InChI=1S/C58H39N3/c1-57(2)44-23-9-5-15-33(44)34-28-27-32(29-46(34)57)55-38-17-7-11-25-48(38)59-56(60-55)61-49-26-12-8-18-39(49)54-41-22-14-20-36-35-19-13-21-40-51(35)42(43(52(36)41)31-50(54)61)30-47-53(40)37-16-6-10-24-45(37)58(47,3)4/h5-31H,1-4H3. The van der Waals surface area contributed by atoms with Crippen LogP contribution in [-0.4, -0.2) is 14.5 Å². The molecule has 0 fully saturated rings. The molecule has 3 heteroatoms. The van der Waals surface area contributed by atoms with Gasteiger partial charge in [-0.15, -0.1) is 0 Å². The number of rotatable bonds is 2. The van der Waals surface area contributed by atoms with Gasteiger partial charge in [-0.05, 0) is 118 Å². The summed E-state index contributed by atoms with van der Waals surface area (Å²) in [4.78, 5) is 11.0. The van der Waals surface area contributed by atoms with Crippen molar-refractivity contribution in [2.75, 3.05) is 0 Å². The zero-order chi connectivity index (χ0) is 40.5. The number of nitrogens with zero attached hydrogens (tertiary/aromatic N) is 3. The molecule has 2 aromatic heterocycles. The third kappa shape index (κ3) is 4.09. The van der Waals surface area contributed by atoms with Gasteiger partial charge in [0.25, 0.3) is 0 Å². The molecule has 2 heterocycles. The number of aromatic nitrogens is 3. The van der Waals surface area contributed by atoms with E-state index in [4.69, 9.17) is 9.97 Å². The van der Waals surface area contributed by atoms with Crippen molar-refractivity contribution in [1.82, 2.24) is 14.5 Å². The molecule has 61 heavy (non-hydrogen) atoms. The van der Waals surface area contributed by atoms with Crippen LogP contribution in [0.15, 0.2) is 164 Å². The zero-order valence-electron chi connectivity index (χ0n) is 34.4. The van der Waals surface area contributed by atoms with E-state index < -0.39 is 0 Å². The second-order valence-corrected chi connectivity index (χ2v) is 18.5. The molecule has 0 saturated heterocycles. The van der Waals surface area contributed by atoms with Crippen LogP contribution in [0, 0.1) is 0 Å². The predicted molar refractivity (Wildman–Crippen MR) is 256 cm³/mol. The molecule has 10 aromatic carbocycles. The van der Waals surface area contributed by atoms with E-state index in [1.165, 1.54) is 98.4 Å². The fourth-order valence-electron chi connectivity index (χ4n) is 11.9. The van der Waals surface area contributed by atoms with Gasteiger partial charge in [-0.1, -0.05) is 161 Å². The second kappa shape index (κ2) is 11.3. The van der Waals surface area contributed by atoms with Crippen molar-refractivity contribution in [2.24, 2.45) is 0 Å². The first-order chi connectivity index (χ1) is 29.8. The smallest absolute Gasteiger partial charge is 0.235 e. The molecule has 0 amide bonds. The van der Waals surface area contributed by atoms with Gasteiger partial charge in [0, 0.05) is 32.6 Å². The van der Waals surface area contributed by atoms with Gasteiger partial charge in [0.2, 0.25) is 5.95 Å². The molecular formula is C58H39N3. The third-order valence-corrected chi connectivity index (χ3v) is 14.7. The van der Waals surface area contributed by atoms with Gasteiger partial charge in [0.05, 0.1) is 22.2 Å². The Kier molecular flexibility index (Phi) is 6.18. The predicted octanol–water partition coefficient (Wildman–Crippen LogP) is 15.1. The van der Waals surface area contributed by atoms with E-state index in [1.54, 1.807) is 0 Å². The molecule has 0 N–H and O–H groups in total. The van der Waals surface area contributed by atoms with Crippen molar-refractivity contribution in [1.29, 1.82) is 0 Å². The molecule has 0 saturated carbocycles. The highest BCUT2D eigenvalue weighted by Gasteiger charge is 2.38. The van der Waals surface area contributed by atoms with E-state index in [0.29, 0.717) is 5.95 Å². The van der Waals surface area contributed by atoms with Crippen LogP contribution in [0.4, 0.5) is 0 Å². The summed E-state index contributed by atoms with van der Waals surface area (Å²) >= 11 is 0. The van der Waals surface area contributed by atoms with Crippen molar-refractivity contribution in [3.05, 3.63) is 186 Å². The monoisotopic (exact) mass is 777 g/mol. The van der Waals surface area contributed by atoms with E-state index in [9.17, 15) is 0 Å². The van der Waals surface area contributed by atoms with E-state index in [1.807, 2.05) is 0 Å². The van der Waals surface area contributed by atoms with Crippen molar-refractivity contribution in [3.63, 3.8) is 0 Å². The topological polar surface area (TPSA) is 30.7 Å². The Hall–Kier alpha value is -7.36. The molecule has 0 aliphatic heterocycles. The van der Waals surface area contributed by atoms with Crippen LogP contribution >= 0.6 is 0 Å². The Bertz CT molecular complexity index is 3940. The molecular weight excluding hydrogens is 739 g/mol. The zero-order valence-corrected chi connectivity index (χ0v) is 34.4. The fraction of sp³-hybridized carbons (Fsp3) is 0.103. The first kappa shape index (κ1) is 33.5. The molecule has 0 spiro atoms. The average molecular weight is 778 g/mol. The largest absolute Gasteiger partial charge is 0.278 e. The van der Waals surface area contributed by atoms with Gasteiger partial charge in [0.15, 0.2) is 0 Å². The van der Waals surface area contributed by atoms with Crippen LogP contribution in [0.1, 0.15) is 49.9 Å². The average Bonchev–Trinajstić information content (AvgIpc) is 3.84. The highest BCUT2D eigenvalue weighted by molar-refractivity contribution is 6.39. The molecule has 2 aliphatic rings. The lowest BCUT2D eigenvalue weighted by Crippen LogP contribution is -2.15. The molecule has 12 aromatic rings. The summed E-state index contributed by atoms with van der Waals surface area (Å²) in [6, 6.07) is 61.0. The van der Waals surface area contributed by atoms with Crippen LogP contribution < -0.4 is 0 Å². The summed E-state index contributed by atoms with van der Waals surface area (Å²) in [6.45, 7) is 9.47. The molecule has 286 valence electrons. The highest BCUT2D eigenvalue weighted by atomic mass is 15.2. The molecule has 3 nitrogen and oxygen atoms in total. The number of hydrogen-bond donors (Lipinski definition) is 0. The Morgan fingerprint density at radius 2 is 0.967 bits per heavy atom. The minimum atomic E-state index is -0.132. The normalized spacial score (nSPS) is 14.8. The van der Waals surface area contributed by atoms with Crippen molar-refractivity contribution < 1.29 is 0 Å². The Balaban J connectivity index is 1.10. The van der Waals surface area contributed by atoms with Crippen LogP contribution in [0.5, 0.6) is 0 Å². The van der Waals surface area contributed by atoms with Gasteiger partial charge in [-0.3, -0.25) is 4.57 Å². The number of fused-ring (bicyclic) bond motifs is 14. The van der Waals surface area contributed by atoms with Gasteiger partial charge >= 0.3 is 0 Å². The Labute approximate surface area is 352 Å². The lowest BCUT2D eigenvalue weighted by Gasteiger charge is -2.23. The highest BCUT2D eigenvalue weighted by Crippen LogP contribution is 2.55. The molecule has 0 bridgehead atoms. The second-order valence-electron chi connectivity index (χ2n) is 18.5. The van der Waals surface area contributed by atoms with E-state index in [-0.39, 0.29) is 10.8 Å². The maximum atomic E-state index is 5.62. The van der Waals surface area contributed by atoms with Gasteiger partial charge in [-0.2, -0.15) is 0 Å². The first-order valence-electron chi connectivity index (χ1n) is 21.5. The number of hydrogen-bond acceptors (Lipinski definition) is 2. The molecule has 2 aliphatic carbocycles. The van der Waals surface area contributed by atoms with Crippen LogP contribution in [-0.2, 0) is 10.8 Å². The quantitative estimate of drug-likeness (QED) is 0.129. The van der Waals surface area contributed by atoms with Crippen molar-refractivity contribution in [2.45, 2.75) is 38.5 Å². The summed E-state index contributed by atoms with van der Waals surface area (Å²) < 4.78 is 2.33. The fourth-order valence-corrected chi connectivity index (χ4v) is 11.9. The Morgan fingerprint density at radius 3 is 1.79 bits per heavy atom. The summed E-state index contributed by atoms with van der Waals surface area (Å²) in [5.41, 5.74) is 15.8. The SMILES string of the molecule is CC1(C)c2ccccc2-c2ccc(-c3nc(-n4c5ccccc5c5c6cccc7c8cccc9c%10c(cc(c(cc54)c76)c98)C(C)(C)c4ccccc4-%10)nc4ccccc34)cc21. The summed E-state index contributed by atoms with van der Waals surface area (Å²) in [6.07, 6.45) is 0. The van der Waals surface area contributed by atoms with Gasteiger partial charge in [-0.25, -0.2) is 9.97 Å². The van der Waals surface area contributed by atoms with Crippen LogP contribution in [0.3, 0.4) is 0 Å². The summed E-state index contributed by atoms with van der Waals surface area (Å²) in [5, 5.41) is 13.9. The molecule has 0 atom stereocenters. The van der Waals surface area contributed by atoms with Gasteiger partial charge in [0.1, 0.15) is 0 Å². The van der Waals surface area contributed by atoms with E-state index >= 15 is 0 Å². The van der Waals surface area contributed by atoms with Crippen molar-refractivity contribution in [3.8, 4) is 39.5 Å². The summed E-state index contributed by atoms with van der Waals surface area (Å²) in [5.74, 6) is 0.678. The molecule has 14 rings (SSSR count). The van der Waals surface area contributed by atoms with Crippen LogP contribution in [0.25, 0.3) is 115 Å². The summed E-state index contributed by atoms with van der Waals surface area (Å²) in [7, 11) is 0. The molecule has 0 unspecified atom stereocenters. The van der Waals surface area contributed by atoms with Crippen LogP contribution in [0.2, 0.25) is 0 Å². The Morgan fingerprint density at radius 1 is 0.377 bits per heavy atom. The number of para-hydroxylation sites is 2.